The first-order chi connectivity index (χ1) is 22.7. The van der Waals surface area contributed by atoms with E-state index in [2.05, 4.69) is 55.9 Å². The fourth-order valence-corrected chi connectivity index (χ4v) is 6.69. The van der Waals surface area contributed by atoms with Crippen LogP contribution in [0.1, 0.15) is 37.8 Å². The maximum absolute atomic E-state index is 14.7. The van der Waals surface area contributed by atoms with Crippen molar-refractivity contribution >= 4 is 34.6 Å². The number of likely N-dealkylation sites (N-methyl/N-ethyl adjacent to an activating group) is 1. The van der Waals surface area contributed by atoms with E-state index in [1.54, 1.807) is 19.2 Å². The highest BCUT2D eigenvalue weighted by Gasteiger charge is 2.33. The lowest BCUT2D eigenvalue weighted by atomic mass is 10.00. The van der Waals surface area contributed by atoms with Gasteiger partial charge in [-0.1, -0.05) is 18.7 Å². The summed E-state index contributed by atoms with van der Waals surface area (Å²) < 4.78 is 34.5. The number of benzene rings is 2. The van der Waals surface area contributed by atoms with Crippen LogP contribution in [0.15, 0.2) is 55.4 Å². The number of carbonyl (C=O) groups excluding carboxylic acids is 1. The van der Waals surface area contributed by atoms with Crippen LogP contribution in [0.3, 0.4) is 0 Å². The number of piperazine rings is 1. The highest BCUT2D eigenvalue weighted by Crippen LogP contribution is 2.41. The highest BCUT2D eigenvalue weighted by atomic mass is 19.2. The van der Waals surface area contributed by atoms with Crippen LogP contribution in [0.4, 0.5) is 37.5 Å². The van der Waals surface area contributed by atoms with Gasteiger partial charge in [-0.3, -0.25) is 14.5 Å². The number of carbonyl (C=O) groups is 1. The Balaban J connectivity index is 1.23. The molecule has 1 amide bonds. The van der Waals surface area contributed by atoms with Crippen molar-refractivity contribution < 1.29 is 23.1 Å². The molecule has 47 heavy (non-hydrogen) atoms. The van der Waals surface area contributed by atoms with Crippen molar-refractivity contribution in [1.82, 2.24) is 19.8 Å². The molecule has 1 aromatic heterocycles. The molecule has 3 aromatic rings. The molecule has 11 nitrogen and oxygen atoms in total. The van der Waals surface area contributed by atoms with E-state index in [4.69, 9.17) is 9.57 Å². The Bertz CT molecular complexity index is 1600. The molecule has 6 rings (SSSR count). The molecule has 2 atom stereocenters. The fourth-order valence-electron chi connectivity index (χ4n) is 6.69. The summed E-state index contributed by atoms with van der Waals surface area (Å²) in [5, 5.41) is 7.74. The maximum Gasteiger partial charge on any atom is 0.247 e. The smallest absolute Gasteiger partial charge is 0.247 e. The zero-order valence-electron chi connectivity index (χ0n) is 27.1. The summed E-state index contributed by atoms with van der Waals surface area (Å²) in [6, 6.07) is 10.0. The Morgan fingerprint density at radius 1 is 1.09 bits per heavy atom. The van der Waals surface area contributed by atoms with Crippen LogP contribution < -0.4 is 25.3 Å². The largest absolute Gasteiger partial charge is 0.494 e. The minimum atomic E-state index is -0.914. The molecular formula is C34H42F2N8O3. The van der Waals surface area contributed by atoms with Crippen molar-refractivity contribution in [1.29, 1.82) is 0 Å². The Labute approximate surface area is 274 Å². The number of rotatable bonds is 9. The van der Waals surface area contributed by atoms with Crippen LogP contribution in [0.25, 0.3) is 0 Å². The van der Waals surface area contributed by atoms with E-state index in [1.807, 2.05) is 12.1 Å². The van der Waals surface area contributed by atoms with Crippen LogP contribution in [0, 0.1) is 11.6 Å². The first-order valence-electron chi connectivity index (χ1n) is 16.1. The van der Waals surface area contributed by atoms with Crippen LogP contribution >= 0.6 is 0 Å². The van der Waals surface area contributed by atoms with Gasteiger partial charge in [-0.15, -0.1) is 0 Å². The summed E-state index contributed by atoms with van der Waals surface area (Å²) in [5.74, 6) is -0.792. The Morgan fingerprint density at radius 3 is 2.64 bits per heavy atom. The Kier molecular flexibility index (Phi) is 9.85. The molecule has 2 aromatic carbocycles. The number of hydrogen-bond donors (Lipinski definition) is 2. The van der Waals surface area contributed by atoms with Gasteiger partial charge in [0.1, 0.15) is 17.9 Å². The monoisotopic (exact) mass is 648 g/mol. The Morgan fingerprint density at radius 2 is 1.89 bits per heavy atom. The summed E-state index contributed by atoms with van der Waals surface area (Å²) in [7, 11) is 3.78. The molecule has 13 heteroatoms. The number of aromatic nitrogens is 2. The minimum Gasteiger partial charge on any atom is -0.494 e. The number of nitrogens with zero attached hydrogens (tertiary/aromatic N) is 6. The fraction of sp³-hybridized carbons (Fsp3) is 0.441. The third-order valence-corrected chi connectivity index (χ3v) is 9.46. The van der Waals surface area contributed by atoms with Gasteiger partial charge in [0.2, 0.25) is 5.91 Å². The molecule has 250 valence electrons. The number of hydrogen-bond acceptors (Lipinski definition) is 10. The van der Waals surface area contributed by atoms with E-state index in [0.29, 0.717) is 53.9 Å². The number of halogens is 2. The standard InChI is InChI=1S/C34H42F2N8O3/c1-5-33(45)40-26-17-27(30(46-4)18-29(26)42-12-9-23(10-13-42)43-15-14-41(3)22(2)20-43)39-31-19-32(38-21-37-31)44-28(11-16-47-44)24-7-6-8-25(35)34(24)36/h5-8,17-19,21-23,28H,1,9-16,20H2,2-4H3,(H,40,45)(H,37,38,39)/t22-,28-/m1/s1. The van der Waals surface area contributed by atoms with Crippen LogP contribution in [-0.4, -0.2) is 91.2 Å². The minimum absolute atomic E-state index is 0.192. The van der Waals surface area contributed by atoms with Crippen molar-refractivity contribution in [2.75, 3.05) is 74.1 Å². The first-order valence-corrected chi connectivity index (χ1v) is 16.1. The topological polar surface area (TPSA) is 98.3 Å². The third kappa shape index (κ3) is 7.02. The van der Waals surface area contributed by atoms with Gasteiger partial charge in [-0.25, -0.2) is 23.8 Å². The Hall–Kier alpha value is -4.33. The third-order valence-electron chi connectivity index (χ3n) is 9.46. The molecule has 0 aliphatic carbocycles. The second kappa shape index (κ2) is 14.2. The van der Waals surface area contributed by atoms with Gasteiger partial charge in [-0.05, 0) is 45.0 Å². The van der Waals surface area contributed by atoms with Crippen molar-refractivity contribution in [2.24, 2.45) is 0 Å². The zero-order chi connectivity index (χ0) is 33.1. The molecule has 0 radical (unpaired) electrons. The average Bonchev–Trinajstić information content (AvgIpc) is 3.57. The van der Waals surface area contributed by atoms with E-state index < -0.39 is 17.7 Å². The molecule has 0 unspecified atom stereocenters. The quantitative estimate of drug-likeness (QED) is 0.305. The van der Waals surface area contributed by atoms with Crippen molar-refractivity contribution in [3.63, 3.8) is 0 Å². The molecular weight excluding hydrogens is 606 g/mol. The second-order valence-electron chi connectivity index (χ2n) is 12.3. The van der Waals surface area contributed by atoms with Crippen molar-refractivity contribution in [3.05, 3.63) is 72.6 Å². The van der Waals surface area contributed by atoms with Gasteiger partial charge < -0.3 is 25.2 Å². The van der Waals surface area contributed by atoms with Crippen LogP contribution in [-0.2, 0) is 9.63 Å². The van der Waals surface area contributed by atoms with E-state index in [0.717, 1.165) is 57.3 Å². The van der Waals surface area contributed by atoms with Crippen LogP contribution in [0.2, 0.25) is 0 Å². The lowest BCUT2D eigenvalue weighted by Gasteiger charge is -2.45. The molecule has 2 N–H and O–H groups in total. The molecule has 3 aliphatic heterocycles. The predicted molar refractivity (Wildman–Crippen MR) is 178 cm³/mol. The van der Waals surface area contributed by atoms with E-state index in [1.165, 1.54) is 23.5 Å². The summed E-state index contributed by atoms with van der Waals surface area (Å²) in [4.78, 5) is 34.4. The first kappa shape index (κ1) is 32.6. The molecule has 0 spiro atoms. The van der Waals surface area contributed by atoms with Crippen molar-refractivity contribution in [3.8, 4) is 5.75 Å². The van der Waals surface area contributed by atoms with Gasteiger partial charge in [-0.2, -0.15) is 0 Å². The SMILES string of the molecule is C=CC(=O)Nc1cc(Nc2cc(N3OCC[C@@H]3c3cccc(F)c3F)ncn2)c(OC)cc1N1CCC(N2CCN(C)[C@H](C)C2)CC1. The van der Waals surface area contributed by atoms with Gasteiger partial charge >= 0.3 is 0 Å². The number of nitrogens with one attached hydrogen (secondary N) is 2. The molecule has 4 heterocycles. The maximum atomic E-state index is 14.7. The lowest BCUT2D eigenvalue weighted by molar-refractivity contribution is -0.111. The van der Waals surface area contributed by atoms with E-state index in [-0.39, 0.29) is 11.5 Å². The molecule has 0 bridgehead atoms. The highest BCUT2D eigenvalue weighted by molar-refractivity contribution is 6.02. The lowest BCUT2D eigenvalue weighted by Crippen LogP contribution is -2.55. The summed E-state index contributed by atoms with van der Waals surface area (Å²) in [6.07, 6.45) is 5.12. The predicted octanol–water partition coefficient (Wildman–Crippen LogP) is 5.12. The zero-order valence-corrected chi connectivity index (χ0v) is 27.1. The van der Waals surface area contributed by atoms with E-state index in [9.17, 15) is 13.6 Å². The van der Waals surface area contributed by atoms with Crippen molar-refractivity contribution in [2.45, 2.75) is 44.3 Å². The number of methoxy groups -OCH3 is 1. The number of piperidine rings is 1. The van der Waals surface area contributed by atoms with Gasteiger partial charge in [0, 0.05) is 68.9 Å². The van der Waals surface area contributed by atoms with Gasteiger partial charge in [0.15, 0.2) is 17.5 Å². The molecule has 3 fully saturated rings. The van der Waals surface area contributed by atoms with Crippen LogP contribution in [0.5, 0.6) is 5.75 Å². The summed E-state index contributed by atoms with van der Waals surface area (Å²) in [5.41, 5.74) is 2.24. The van der Waals surface area contributed by atoms with Gasteiger partial charge in [0.05, 0.1) is 36.8 Å². The second-order valence-corrected chi connectivity index (χ2v) is 12.3. The average molecular weight is 649 g/mol. The van der Waals surface area contributed by atoms with E-state index >= 15 is 0 Å². The number of anilines is 5. The molecule has 3 saturated heterocycles. The summed E-state index contributed by atoms with van der Waals surface area (Å²) >= 11 is 0. The molecule has 0 saturated carbocycles. The summed E-state index contributed by atoms with van der Waals surface area (Å²) in [6.45, 7) is 11.2. The van der Waals surface area contributed by atoms with Gasteiger partial charge in [0.25, 0.3) is 0 Å². The normalized spacial score (nSPS) is 21.1. The number of ether oxygens (including phenoxy) is 1. The number of hydroxylamine groups is 1. The number of amides is 1. The molecule has 3 aliphatic rings.